The molecule has 0 bridgehead atoms. The van der Waals surface area contributed by atoms with Crippen LogP contribution in [-0.4, -0.2) is 90.4 Å². The fourth-order valence-corrected chi connectivity index (χ4v) is 5.12. The van der Waals surface area contributed by atoms with Crippen LogP contribution in [-0.2, 0) is 32.1 Å². The van der Waals surface area contributed by atoms with E-state index >= 15 is 0 Å². The molecule has 0 aliphatic carbocycles. The highest BCUT2D eigenvalue weighted by Crippen LogP contribution is 2.19. The molecule has 0 fully saturated rings. The molecule has 1 aliphatic heterocycles. The van der Waals surface area contributed by atoms with E-state index in [1.807, 2.05) is 23.3 Å². The molecule has 1 heterocycles. The van der Waals surface area contributed by atoms with E-state index in [-0.39, 0.29) is 35.9 Å². The van der Waals surface area contributed by atoms with Crippen molar-refractivity contribution in [2.45, 2.75) is 44.4 Å². The minimum atomic E-state index is -0.329. The number of benzene rings is 1. The number of fused-ring (bicyclic) bond motifs is 1. The van der Waals surface area contributed by atoms with Gasteiger partial charge in [0.2, 0.25) is 11.8 Å². The maximum Gasteiger partial charge on any atom is 0.328 e. The van der Waals surface area contributed by atoms with Crippen molar-refractivity contribution in [2.24, 2.45) is 5.73 Å². The second-order valence-electron chi connectivity index (χ2n) is 8.66. The molecule has 12 heteroatoms. The summed E-state index contributed by atoms with van der Waals surface area (Å²) in [4.78, 5) is 37.0. The maximum atomic E-state index is 13.0. The van der Waals surface area contributed by atoms with Crippen LogP contribution in [0.25, 0.3) is 0 Å². The van der Waals surface area contributed by atoms with Crippen molar-refractivity contribution in [1.82, 2.24) is 20.9 Å². The number of nitrogens with one attached hydrogen (secondary N) is 3. The van der Waals surface area contributed by atoms with Gasteiger partial charge in [-0.05, 0) is 42.2 Å². The van der Waals surface area contributed by atoms with Crippen molar-refractivity contribution < 1.29 is 19.1 Å². The molecule has 1 aromatic rings. The van der Waals surface area contributed by atoms with Gasteiger partial charge in [0.15, 0.2) is 0 Å². The second-order valence-corrected chi connectivity index (χ2v) is 11.0. The summed E-state index contributed by atoms with van der Waals surface area (Å²) in [6.07, 6.45) is 5.16. The number of esters is 1. The van der Waals surface area contributed by atoms with Crippen molar-refractivity contribution in [3.63, 3.8) is 0 Å². The lowest BCUT2D eigenvalue weighted by atomic mass is 9.99. The first kappa shape index (κ1) is 34.2. The van der Waals surface area contributed by atoms with Crippen molar-refractivity contribution >= 4 is 53.9 Å². The minimum Gasteiger partial charge on any atom is -0.467 e. The van der Waals surface area contributed by atoms with Crippen LogP contribution in [0.3, 0.4) is 0 Å². The molecule has 0 spiro atoms. The topological polar surface area (TPSA) is 126 Å². The molecular weight excluding hydrogens is 543 g/mol. The summed E-state index contributed by atoms with van der Waals surface area (Å²) >= 11 is 7.42. The molecule has 0 saturated heterocycles. The molecule has 2 rings (SSSR count). The van der Waals surface area contributed by atoms with Crippen LogP contribution < -0.4 is 21.7 Å². The Bertz CT molecular complexity index is 877. The first-order chi connectivity index (χ1) is 18.3. The molecule has 38 heavy (non-hydrogen) atoms. The minimum absolute atomic E-state index is 0.0712. The summed E-state index contributed by atoms with van der Waals surface area (Å²) in [5, 5.41) is 8.87. The summed E-state index contributed by atoms with van der Waals surface area (Å²) in [5.74, 6) is 2.34. The van der Waals surface area contributed by atoms with Crippen LogP contribution in [0.4, 0.5) is 0 Å². The number of thioether (sulfide) groups is 2. The molecule has 9 nitrogen and oxygen atoms in total. The van der Waals surface area contributed by atoms with E-state index in [1.54, 1.807) is 11.8 Å². The highest BCUT2D eigenvalue weighted by Gasteiger charge is 2.27. The molecular formula is C26H43N5O4S3. The zero-order chi connectivity index (χ0) is 28.3. The van der Waals surface area contributed by atoms with Crippen LogP contribution in [0.5, 0.6) is 0 Å². The summed E-state index contributed by atoms with van der Waals surface area (Å²) in [6, 6.07) is 7.58. The zero-order valence-electron chi connectivity index (χ0n) is 22.6. The van der Waals surface area contributed by atoms with Gasteiger partial charge in [-0.15, -0.1) is 11.8 Å². The number of hydrogen-bond donors (Lipinski definition) is 5. The predicted octanol–water partition coefficient (Wildman–Crippen LogP) is 1.63. The molecule has 0 saturated carbocycles. The Labute approximate surface area is 241 Å². The average Bonchev–Trinajstić information content (AvgIpc) is 2.93. The van der Waals surface area contributed by atoms with E-state index in [1.165, 1.54) is 43.1 Å². The Balaban J connectivity index is 0.000000508. The van der Waals surface area contributed by atoms with Crippen molar-refractivity contribution in [3.8, 4) is 0 Å². The van der Waals surface area contributed by atoms with Gasteiger partial charge in [0.25, 0.3) is 0 Å². The van der Waals surface area contributed by atoms with Gasteiger partial charge < -0.3 is 31.3 Å². The first-order valence-corrected chi connectivity index (χ1v) is 15.7. The Kier molecular flexibility index (Phi) is 18.1. The van der Waals surface area contributed by atoms with Gasteiger partial charge >= 0.3 is 5.97 Å². The number of carbonyl (C=O) groups is 3. The highest BCUT2D eigenvalue weighted by molar-refractivity contribution is 7.99. The average molecular weight is 586 g/mol. The number of ether oxygens (including phenoxy) is 1. The van der Waals surface area contributed by atoms with E-state index in [4.69, 9.17) is 5.73 Å². The lowest BCUT2D eigenvalue weighted by Gasteiger charge is -2.32. The molecule has 1 aliphatic rings. The Morgan fingerprint density at radius 1 is 1.26 bits per heavy atom. The van der Waals surface area contributed by atoms with Gasteiger partial charge in [0.1, 0.15) is 6.04 Å². The summed E-state index contributed by atoms with van der Waals surface area (Å²) in [5.41, 5.74) is 8.46. The number of hydrogen-bond acceptors (Lipinski definition) is 10. The number of rotatable bonds is 15. The normalized spacial score (nSPS) is 14.6. The number of methoxy groups -OCH3 is 1. The Morgan fingerprint density at radius 3 is 2.58 bits per heavy atom. The molecule has 5 N–H and O–H groups in total. The van der Waals surface area contributed by atoms with Gasteiger partial charge in [-0.2, -0.15) is 24.4 Å². The van der Waals surface area contributed by atoms with Gasteiger partial charge in [-0.25, -0.2) is 4.79 Å². The number of nitrogens with two attached hydrogens (primary N) is 1. The van der Waals surface area contributed by atoms with E-state index < -0.39 is 0 Å². The van der Waals surface area contributed by atoms with E-state index in [9.17, 15) is 14.4 Å². The number of amides is 2. The summed E-state index contributed by atoms with van der Waals surface area (Å²) in [7, 11) is 1.39. The predicted molar refractivity (Wildman–Crippen MR) is 162 cm³/mol. The summed E-state index contributed by atoms with van der Waals surface area (Å²) < 4.78 is 4.60. The zero-order valence-corrected chi connectivity index (χ0v) is 25.1. The number of nitrogens with zero attached hydrogens (tertiary/aromatic N) is 1. The van der Waals surface area contributed by atoms with Crippen molar-refractivity contribution in [1.29, 1.82) is 0 Å². The first-order valence-electron chi connectivity index (χ1n) is 12.5. The van der Waals surface area contributed by atoms with Crippen LogP contribution in [0, 0.1) is 0 Å². The molecule has 0 unspecified atom stereocenters. The van der Waals surface area contributed by atoms with E-state index in [2.05, 4.69) is 52.0 Å². The van der Waals surface area contributed by atoms with Gasteiger partial charge in [-0.3, -0.25) is 9.59 Å². The molecule has 0 radical (unpaired) electrons. The quantitative estimate of drug-likeness (QED) is 0.0904. The van der Waals surface area contributed by atoms with E-state index in [0.717, 1.165) is 25.1 Å². The molecule has 2 amide bonds. The van der Waals surface area contributed by atoms with Crippen LogP contribution >= 0.6 is 36.2 Å². The highest BCUT2D eigenvalue weighted by atomic mass is 32.2. The standard InChI is InChI=1S/C18H28N4O2S2.C8H15NO2S/c1-13(23)21-12-26-11-17(20-8-16(19)10-25)18(24)22-7-6-14-4-2-3-5-15(14)9-22;1-4-9-7(5-6-12-3)8(10)11-2/h2-5,16-17,20,25H,6-12,19H2,1H3,(H,21,23);4,7,9H,1,5-6H2,2-3H3/t16-,17+;7-/m10/s1. The molecule has 0 aromatic heterocycles. The van der Waals surface area contributed by atoms with Gasteiger partial charge in [0.05, 0.1) is 19.0 Å². The van der Waals surface area contributed by atoms with Crippen LogP contribution in [0.1, 0.15) is 24.5 Å². The number of carbonyl (C=O) groups excluding carboxylic acids is 3. The third kappa shape index (κ3) is 13.3. The Morgan fingerprint density at radius 2 is 1.97 bits per heavy atom. The van der Waals surface area contributed by atoms with Gasteiger partial charge in [0, 0.05) is 44.1 Å². The lowest BCUT2D eigenvalue weighted by Crippen LogP contribution is -2.52. The van der Waals surface area contributed by atoms with Crippen LogP contribution in [0.2, 0.25) is 0 Å². The smallest absolute Gasteiger partial charge is 0.328 e. The van der Waals surface area contributed by atoms with Gasteiger partial charge in [-0.1, -0.05) is 30.8 Å². The fourth-order valence-electron chi connectivity index (χ4n) is 3.60. The third-order valence-corrected chi connectivity index (χ3v) is 7.75. The summed E-state index contributed by atoms with van der Waals surface area (Å²) in [6.45, 7) is 6.88. The monoisotopic (exact) mass is 585 g/mol. The third-order valence-electron chi connectivity index (χ3n) is 5.72. The number of thiol groups is 1. The Hall–Kier alpha value is -1.86. The molecule has 214 valence electrons. The fraction of sp³-hybridized carbons (Fsp3) is 0.577. The van der Waals surface area contributed by atoms with Crippen molar-refractivity contribution in [3.05, 3.63) is 48.2 Å². The van der Waals surface area contributed by atoms with Crippen molar-refractivity contribution in [2.75, 3.05) is 49.6 Å². The van der Waals surface area contributed by atoms with Crippen LogP contribution in [0.15, 0.2) is 37.0 Å². The molecule has 3 atom stereocenters. The SMILES string of the molecule is C=CN[C@@H](CCSC)C(=O)OC.CC(=O)NCSC[C@H](NC[C@@H](N)CS)C(=O)N1CCc2ccccc2C1. The maximum absolute atomic E-state index is 13.0. The lowest BCUT2D eigenvalue weighted by molar-refractivity contribution is -0.142. The van der Waals surface area contributed by atoms with E-state index in [0.29, 0.717) is 30.5 Å². The second kappa shape index (κ2) is 20.1. The molecule has 1 aromatic carbocycles. The largest absolute Gasteiger partial charge is 0.467 e.